The lowest BCUT2D eigenvalue weighted by atomic mass is 10.0. The maximum absolute atomic E-state index is 11.1. The van der Waals surface area contributed by atoms with Crippen LogP contribution in [0.3, 0.4) is 0 Å². The number of nitrogens with one attached hydrogen (secondary N) is 1. The van der Waals surface area contributed by atoms with Crippen LogP contribution in [0, 0.1) is 0 Å². The Bertz CT molecular complexity index is 629. The molecule has 2 aliphatic rings. The molecule has 4 heteroatoms. The van der Waals surface area contributed by atoms with E-state index in [9.17, 15) is 4.79 Å². The molecule has 0 aromatic heterocycles. The summed E-state index contributed by atoms with van der Waals surface area (Å²) >= 11 is 0. The fraction of sp³-hybridized carbons (Fsp3) is 0.167. The first-order valence-electron chi connectivity index (χ1n) is 5.12. The van der Waals surface area contributed by atoms with Crippen LogP contribution in [0.5, 0.6) is 0 Å². The quantitative estimate of drug-likeness (QED) is 0.657. The third-order valence-electron chi connectivity index (χ3n) is 2.89. The van der Waals surface area contributed by atoms with Gasteiger partial charge in [-0.15, -0.1) is 0 Å². The molecule has 80 valence electrons. The van der Waals surface area contributed by atoms with Crippen LogP contribution in [0.15, 0.2) is 40.5 Å². The van der Waals surface area contributed by atoms with Crippen LogP contribution in [-0.4, -0.2) is 24.2 Å². The predicted molar refractivity (Wildman–Crippen MR) is 58.2 cm³/mol. The van der Waals surface area contributed by atoms with E-state index in [2.05, 4.69) is 10.3 Å². The smallest absolute Gasteiger partial charge is 0.335 e. The molecule has 4 nitrogen and oxygen atoms in total. The fourth-order valence-electron chi connectivity index (χ4n) is 2.14. The van der Waals surface area contributed by atoms with Crippen LogP contribution in [0.2, 0.25) is 0 Å². The van der Waals surface area contributed by atoms with E-state index < -0.39 is 5.97 Å². The maximum atomic E-state index is 11.1. The second-order valence-electron chi connectivity index (χ2n) is 3.84. The molecule has 0 fully saturated rings. The molecule has 0 bridgehead atoms. The summed E-state index contributed by atoms with van der Waals surface area (Å²) in [6, 6.07) is 7.74. The van der Waals surface area contributed by atoms with E-state index in [0.717, 1.165) is 16.1 Å². The number of carboxylic acid groups (broad SMARTS) is 1. The number of hydrogen-bond donors (Lipinski definition) is 2. The molecule has 0 spiro atoms. The normalized spacial score (nSPS) is 17.9. The van der Waals surface area contributed by atoms with E-state index in [-0.39, 0.29) is 0 Å². The second-order valence-corrected chi connectivity index (χ2v) is 3.84. The van der Waals surface area contributed by atoms with Crippen LogP contribution >= 0.6 is 0 Å². The first-order valence-corrected chi connectivity index (χ1v) is 5.12. The van der Waals surface area contributed by atoms with E-state index in [0.29, 0.717) is 24.4 Å². The minimum absolute atomic E-state index is 0.359. The number of hydrogen-bond acceptors (Lipinski definition) is 3. The molecule has 0 radical (unpaired) electrons. The van der Waals surface area contributed by atoms with Gasteiger partial charge in [0.15, 0.2) is 0 Å². The molecule has 0 saturated carbocycles. The standard InChI is InChI=1S/C12H10N2O2/c15-12(16)9-6-13-5-8-7-3-1-2-4-10(7)14-11(8)9/h1-4,13H,5-6H2,(H,15,16). The lowest BCUT2D eigenvalue weighted by molar-refractivity contribution is -0.132. The topological polar surface area (TPSA) is 61.7 Å². The van der Waals surface area contributed by atoms with Gasteiger partial charge in [0, 0.05) is 23.9 Å². The molecular weight excluding hydrogens is 204 g/mol. The fourth-order valence-corrected chi connectivity index (χ4v) is 2.14. The summed E-state index contributed by atoms with van der Waals surface area (Å²) in [6.45, 7) is 1.07. The molecule has 2 heterocycles. The number of fused-ring (bicyclic) bond motifs is 2. The van der Waals surface area contributed by atoms with Crippen molar-refractivity contribution in [3.63, 3.8) is 0 Å². The Hall–Kier alpha value is -1.94. The minimum Gasteiger partial charge on any atom is -0.478 e. The van der Waals surface area contributed by atoms with Crippen LogP contribution in [-0.2, 0) is 4.79 Å². The zero-order valence-corrected chi connectivity index (χ0v) is 8.53. The van der Waals surface area contributed by atoms with Crippen molar-refractivity contribution in [3.05, 3.63) is 46.1 Å². The van der Waals surface area contributed by atoms with Gasteiger partial charge in [0.2, 0.25) is 0 Å². The summed E-state index contributed by atoms with van der Waals surface area (Å²) in [5.74, 6) is -0.892. The Morgan fingerprint density at radius 2 is 2.12 bits per heavy atom. The second kappa shape index (κ2) is 3.28. The highest BCUT2D eigenvalue weighted by molar-refractivity contribution is 5.93. The number of para-hydroxylation sites is 1. The Balaban J connectivity index is 2.37. The molecule has 2 N–H and O–H groups in total. The lowest BCUT2D eigenvalue weighted by Gasteiger charge is -2.16. The third kappa shape index (κ3) is 1.20. The Morgan fingerprint density at radius 3 is 2.94 bits per heavy atom. The van der Waals surface area contributed by atoms with Gasteiger partial charge >= 0.3 is 5.97 Å². The number of aliphatic carboxylic acids is 1. The lowest BCUT2D eigenvalue weighted by Crippen LogP contribution is -2.32. The highest BCUT2D eigenvalue weighted by Crippen LogP contribution is 2.21. The number of benzene rings is 1. The first-order chi connectivity index (χ1) is 7.77. The van der Waals surface area contributed by atoms with Gasteiger partial charge in [0.25, 0.3) is 0 Å². The van der Waals surface area contributed by atoms with Crippen molar-refractivity contribution < 1.29 is 9.90 Å². The molecule has 0 saturated heterocycles. The summed E-state index contributed by atoms with van der Waals surface area (Å²) in [6.07, 6.45) is 0. The van der Waals surface area contributed by atoms with Crippen LogP contribution in [0.1, 0.15) is 0 Å². The number of carboxylic acids is 1. The summed E-state index contributed by atoms with van der Waals surface area (Å²) < 4.78 is 0. The zero-order chi connectivity index (χ0) is 11.1. The summed E-state index contributed by atoms with van der Waals surface area (Å²) in [7, 11) is 0. The van der Waals surface area contributed by atoms with Crippen molar-refractivity contribution >= 4 is 11.5 Å². The summed E-state index contributed by atoms with van der Waals surface area (Å²) in [5.41, 5.74) is 2.00. The van der Waals surface area contributed by atoms with Crippen molar-refractivity contribution in [2.24, 2.45) is 4.99 Å². The molecule has 0 atom stereocenters. The van der Waals surface area contributed by atoms with Crippen LogP contribution in [0.4, 0.5) is 0 Å². The van der Waals surface area contributed by atoms with Gasteiger partial charge in [0.1, 0.15) is 0 Å². The molecule has 0 aliphatic carbocycles. The van der Waals surface area contributed by atoms with E-state index in [1.165, 1.54) is 0 Å². The third-order valence-corrected chi connectivity index (χ3v) is 2.89. The average Bonchev–Trinajstić information content (AvgIpc) is 2.67. The van der Waals surface area contributed by atoms with Gasteiger partial charge in [-0.1, -0.05) is 18.2 Å². The van der Waals surface area contributed by atoms with Gasteiger partial charge in [-0.3, -0.25) is 0 Å². The van der Waals surface area contributed by atoms with Crippen molar-refractivity contribution in [1.29, 1.82) is 0 Å². The minimum atomic E-state index is -0.892. The number of carbonyl (C=O) groups is 1. The van der Waals surface area contributed by atoms with E-state index in [1.807, 2.05) is 24.3 Å². The predicted octanol–water partition coefficient (Wildman–Crippen LogP) is -0.588. The van der Waals surface area contributed by atoms with Crippen molar-refractivity contribution in [3.8, 4) is 0 Å². The molecular formula is C12H10N2O2. The molecule has 0 amide bonds. The molecule has 1 aromatic rings. The zero-order valence-electron chi connectivity index (χ0n) is 8.53. The monoisotopic (exact) mass is 214 g/mol. The SMILES string of the molecule is O=C(O)C1=C2N=c3ccccc3=C2CNC1. The van der Waals surface area contributed by atoms with Crippen LogP contribution in [0.25, 0.3) is 5.57 Å². The molecule has 0 unspecified atom stereocenters. The largest absolute Gasteiger partial charge is 0.478 e. The van der Waals surface area contributed by atoms with Crippen molar-refractivity contribution in [2.75, 3.05) is 13.1 Å². The van der Waals surface area contributed by atoms with Crippen molar-refractivity contribution in [1.82, 2.24) is 5.32 Å². The maximum Gasteiger partial charge on any atom is 0.335 e. The molecule has 2 aliphatic heterocycles. The van der Waals surface area contributed by atoms with Crippen LogP contribution < -0.4 is 15.9 Å². The molecule has 3 rings (SSSR count). The van der Waals surface area contributed by atoms with Gasteiger partial charge in [-0.05, 0) is 6.07 Å². The van der Waals surface area contributed by atoms with E-state index in [4.69, 9.17) is 5.11 Å². The Kier molecular flexibility index (Phi) is 1.91. The Morgan fingerprint density at radius 1 is 1.31 bits per heavy atom. The Labute approximate surface area is 91.6 Å². The molecule has 16 heavy (non-hydrogen) atoms. The van der Waals surface area contributed by atoms with Gasteiger partial charge in [-0.25, -0.2) is 9.79 Å². The highest BCUT2D eigenvalue weighted by Gasteiger charge is 2.24. The summed E-state index contributed by atoms with van der Waals surface area (Å²) in [4.78, 5) is 15.5. The van der Waals surface area contributed by atoms with Gasteiger partial charge in [-0.2, -0.15) is 0 Å². The average molecular weight is 214 g/mol. The van der Waals surface area contributed by atoms with Gasteiger partial charge < -0.3 is 10.4 Å². The summed E-state index contributed by atoms with van der Waals surface area (Å²) in [5, 5.41) is 14.1. The number of rotatable bonds is 1. The molecule has 1 aromatic carbocycles. The van der Waals surface area contributed by atoms with Crippen molar-refractivity contribution in [2.45, 2.75) is 0 Å². The highest BCUT2D eigenvalue weighted by atomic mass is 16.4. The van der Waals surface area contributed by atoms with E-state index in [1.54, 1.807) is 0 Å². The number of nitrogens with zero attached hydrogens (tertiary/aromatic N) is 1. The van der Waals surface area contributed by atoms with Gasteiger partial charge in [0.05, 0.1) is 16.6 Å². The van der Waals surface area contributed by atoms with E-state index >= 15 is 0 Å². The first kappa shape index (κ1) is 9.30.